The van der Waals surface area contributed by atoms with Crippen LogP contribution < -0.4 is 21.1 Å². The van der Waals surface area contributed by atoms with Crippen LogP contribution in [0.1, 0.15) is 15.9 Å². The third kappa shape index (κ3) is 4.08. The summed E-state index contributed by atoms with van der Waals surface area (Å²) in [5.41, 5.74) is 7.83. The van der Waals surface area contributed by atoms with Crippen molar-refractivity contribution in [3.8, 4) is 5.75 Å². The van der Waals surface area contributed by atoms with E-state index >= 15 is 0 Å². The van der Waals surface area contributed by atoms with Crippen molar-refractivity contribution >= 4 is 23.2 Å². The molecule has 0 saturated heterocycles. The van der Waals surface area contributed by atoms with Crippen molar-refractivity contribution < 1.29 is 14.3 Å². The van der Waals surface area contributed by atoms with Crippen LogP contribution in [0.2, 0.25) is 0 Å². The molecule has 120 valence electrons. The van der Waals surface area contributed by atoms with Gasteiger partial charge >= 0.3 is 0 Å². The summed E-state index contributed by atoms with van der Waals surface area (Å²) in [5, 5.41) is 5.51. The second-order valence-corrected chi connectivity index (χ2v) is 4.94. The minimum atomic E-state index is -0.268. The molecule has 0 spiro atoms. The van der Waals surface area contributed by atoms with Crippen molar-refractivity contribution in [1.82, 2.24) is 0 Å². The summed E-state index contributed by atoms with van der Waals surface area (Å²) < 4.78 is 5.19. The Bertz CT molecular complexity index is 729. The molecule has 0 fully saturated rings. The van der Waals surface area contributed by atoms with Gasteiger partial charge in [-0.1, -0.05) is 12.1 Å². The number of ether oxygens (including phenoxy) is 1. The fourth-order valence-electron chi connectivity index (χ4n) is 2.12. The number of hydrogen-bond donors (Lipinski definition) is 3. The maximum atomic E-state index is 12.4. The summed E-state index contributed by atoms with van der Waals surface area (Å²) in [7, 11) is 1.52. The second-order valence-electron chi connectivity index (χ2n) is 4.94. The summed E-state index contributed by atoms with van der Waals surface area (Å²) >= 11 is 0. The van der Waals surface area contributed by atoms with Gasteiger partial charge in [0, 0.05) is 11.4 Å². The number of methoxy groups -OCH3 is 1. The van der Waals surface area contributed by atoms with Crippen molar-refractivity contribution in [1.29, 1.82) is 0 Å². The van der Waals surface area contributed by atoms with E-state index in [0.29, 0.717) is 22.7 Å². The first-order valence-electron chi connectivity index (χ1n) is 7.10. The van der Waals surface area contributed by atoms with Crippen molar-refractivity contribution in [2.24, 2.45) is 5.73 Å². The Morgan fingerprint density at radius 2 is 1.87 bits per heavy atom. The zero-order chi connectivity index (χ0) is 16.8. The van der Waals surface area contributed by atoms with Crippen LogP contribution in [0.15, 0.2) is 42.5 Å². The molecule has 2 amide bonds. The quantitative estimate of drug-likeness (QED) is 0.788. The van der Waals surface area contributed by atoms with Crippen molar-refractivity contribution in [3.05, 3.63) is 53.6 Å². The van der Waals surface area contributed by atoms with Gasteiger partial charge in [-0.2, -0.15) is 0 Å². The van der Waals surface area contributed by atoms with E-state index in [1.165, 1.54) is 7.11 Å². The molecule has 0 aliphatic carbocycles. The van der Waals surface area contributed by atoms with E-state index in [-0.39, 0.29) is 18.4 Å². The lowest BCUT2D eigenvalue weighted by Gasteiger charge is -2.12. The number of rotatable bonds is 5. The van der Waals surface area contributed by atoms with Gasteiger partial charge in [0.1, 0.15) is 5.75 Å². The van der Waals surface area contributed by atoms with Crippen molar-refractivity contribution in [2.45, 2.75) is 6.92 Å². The molecular formula is C17H19N3O3. The third-order valence-corrected chi connectivity index (χ3v) is 3.30. The number of anilines is 2. The molecular weight excluding hydrogens is 294 g/mol. The normalized spacial score (nSPS) is 10.0. The smallest absolute Gasteiger partial charge is 0.259 e. The molecule has 6 nitrogen and oxygen atoms in total. The van der Waals surface area contributed by atoms with Crippen LogP contribution in [0.5, 0.6) is 5.75 Å². The monoisotopic (exact) mass is 313 g/mol. The van der Waals surface area contributed by atoms with Gasteiger partial charge in [-0.3, -0.25) is 9.59 Å². The summed E-state index contributed by atoms with van der Waals surface area (Å²) in [6.45, 7) is 1.77. The highest BCUT2D eigenvalue weighted by Crippen LogP contribution is 2.23. The number of hydrogen-bond acceptors (Lipinski definition) is 4. The molecule has 0 aliphatic rings. The van der Waals surface area contributed by atoms with E-state index in [9.17, 15) is 9.59 Å². The molecule has 2 aromatic carbocycles. The number of aryl methyl sites for hydroxylation is 1. The van der Waals surface area contributed by atoms with Crippen LogP contribution in [0.4, 0.5) is 11.4 Å². The van der Waals surface area contributed by atoms with Crippen LogP contribution in [-0.4, -0.2) is 25.5 Å². The van der Waals surface area contributed by atoms with Crippen LogP contribution in [0.25, 0.3) is 0 Å². The number of carbonyl (C=O) groups excluding carboxylic acids is 2. The number of carbonyl (C=O) groups is 2. The standard InChI is InChI=1S/C17H19N3O3/c1-11-9-12(19-16(21)10-18)7-8-14(11)20-17(22)13-5-3-4-6-15(13)23-2/h3-9H,10,18H2,1-2H3,(H,19,21)(H,20,22). The summed E-state index contributed by atoms with van der Waals surface area (Å²) in [6, 6.07) is 12.2. The molecule has 0 unspecified atom stereocenters. The van der Waals surface area contributed by atoms with Gasteiger partial charge in [0.05, 0.1) is 19.2 Å². The molecule has 23 heavy (non-hydrogen) atoms. The highest BCUT2D eigenvalue weighted by Gasteiger charge is 2.13. The number of nitrogens with one attached hydrogen (secondary N) is 2. The van der Waals surface area contributed by atoms with Crippen molar-refractivity contribution in [2.75, 3.05) is 24.3 Å². The number of nitrogens with two attached hydrogens (primary N) is 1. The van der Waals surface area contributed by atoms with E-state index in [0.717, 1.165) is 5.56 Å². The Kier molecular flexibility index (Phi) is 5.32. The zero-order valence-corrected chi connectivity index (χ0v) is 13.1. The Morgan fingerprint density at radius 1 is 1.13 bits per heavy atom. The lowest BCUT2D eigenvalue weighted by atomic mass is 10.1. The first-order chi connectivity index (χ1) is 11.0. The fourth-order valence-corrected chi connectivity index (χ4v) is 2.12. The first-order valence-corrected chi connectivity index (χ1v) is 7.10. The first kappa shape index (κ1) is 16.5. The van der Waals surface area contributed by atoms with Crippen molar-refractivity contribution in [3.63, 3.8) is 0 Å². The van der Waals surface area contributed by atoms with Gasteiger partial charge in [0.15, 0.2) is 0 Å². The van der Waals surface area contributed by atoms with Gasteiger partial charge < -0.3 is 21.1 Å². The lowest BCUT2D eigenvalue weighted by molar-refractivity contribution is -0.114. The van der Waals surface area contributed by atoms with E-state index in [1.807, 2.05) is 6.92 Å². The molecule has 0 saturated carbocycles. The van der Waals surface area contributed by atoms with E-state index in [4.69, 9.17) is 10.5 Å². The molecule has 6 heteroatoms. The Morgan fingerprint density at radius 3 is 2.52 bits per heavy atom. The van der Waals surface area contributed by atoms with Gasteiger partial charge in [0.2, 0.25) is 5.91 Å². The predicted molar refractivity (Wildman–Crippen MR) is 89.8 cm³/mol. The largest absolute Gasteiger partial charge is 0.496 e. The molecule has 2 rings (SSSR count). The second kappa shape index (κ2) is 7.42. The molecule has 0 heterocycles. The van der Waals surface area contributed by atoms with Gasteiger partial charge in [-0.25, -0.2) is 0 Å². The van der Waals surface area contributed by atoms with E-state index in [1.54, 1.807) is 42.5 Å². The molecule has 0 aliphatic heterocycles. The van der Waals surface area contributed by atoms with Crippen LogP contribution in [0.3, 0.4) is 0 Å². The maximum Gasteiger partial charge on any atom is 0.259 e. The molecule has 2 aromatic rings. The SMILES string of the molecule is COc1ccccc1C(=O)Nc1ccc(NC(=O)CN)cc1C. The fraction of sp³-hybridized carbons (Fsp3) is 0.176. The number of benzene rings is 2. The highest BCUT2D eigenvalue weighted by molar-refractivity contribution is 6.06. The minimum Gasteiger partial charge on any atom is -0.496 e. The van der Waals surface area contributed by atoms with E-state index < -0.39 is 0 Å². The predicted octanol–water partition coefficient (Wildman–Crippen LogP) is 2.15. The minimum absolute atomic E-state index is 0.0780. The molecule has 0 bridgehead atoms. The summed E-state index contributed by atoms with van der Waals surface area (Å²) in [5.74, 6) is -0.0195. The number of para-hydroxylation sites is 1. The average molecular weight is 313 g/mol. The Balaban J connectivity index is 2.17. The van der Waals surface area contributed by atoms with Gasteiger partial charge in [-0.15, -0.1) is 0 Å². The molecule has 0 radical (unpaired) electrons. The van der Waals surface area contributed by atoms with Crippen LogP contribution in [-0.2, 0) is 4.79 Å². The Hall–Kier alpha value is -2.86. The topological polar surface area (TPSA) is 93.5 Å². The average Bonchev–Trinajstić information content (AvgIpc) is 2.57. The molecule has 4 N–H and O–H groups in total. The highest BCUT2D eigenvalue weighted by atomic mass is 16.5. The number of amides is 2. The Labute approximate surface area is 134 Å². The summed E-state index contributed by atoms with van der Waals surface area (Å²) in [4.78, 5) is 23.7. The van der Waals surface area contributed by atoms with Gasteiger partial charge in [0.25, 0.3) is 5.91 Å². The third-order valence-electron chi connectivity index (χ3n) is 3.30. The summed E-state index contributed by atoms with van der Waals surface area (Å²) in [6.07, 6.45) is 0. The van der Waals surface area contributed by atoms with Gasteiger partial charge in [-0.05, 0) is 42.8 Å². The van der Waals surface area contributed by atoms with Crippen LogP contribution in [0, 0.1) is 6.92 Å². The molecule has 0 aromatic heterocycles. The lowest BCUT2D eigenvalue weighted by Crippen LogP contribution is -2.22. The maximum absolute atomic E-state index is 12.4. The zero-order valence-electron chi connectivity index (χ0n) is 13.1. The van der Waals surface area contributed by atoms with E-state index in [2.05, 4.69) is 10.6 Å². The molecule has 0 atom stereocenters. The van der Waals surface area contributed by atoms with Crippen LogP contribution >= 0.6 is 0 Å².